The van der Waals surface area contributed by atoms with E-state index in [1.54, 1.807) is 18.3 Å². The van der Waals surface area contributed by atoms with Crippen molar-refractivity contribution in [1.82, 2.24) is 15.6 Å². The van der Waals surface area contributed by atoms with Gasteiger partial charge in [-0.15, -0.1) is 11.3 Å². The summed E-state index contributed by atoms with van der Waals surface area (Å²) in [5.41, 5.74) is 1.17. The molecule has 24 heavy (non-hydrogen) atoms. The van der Waals surface area contributed by atoms with E-state index in [1.165, 1.54) is 0 Å². The minimum absolute atomic E-state index is 0.0733. The summed E-state index contributed by atoms with van der Waals surface area (Å²) in [6, 6.07) is 9.78. The summed E-state index contributed by atoms with van der Waals surface area (Å²) < 4.78 is 0. The van der Waals surface area contributed by atoms with Gasteiger partial charge in [0.15, 0.2) is 0 Å². The summed E-state index contributed by atoms with van der Waals surface area (Å²) in [6.45, 7) is 6.30. The fourth-order valence-corrected chi connectivity index (χ4v) is 2.83. The van der Waals surface area contributed by atoms with E-state index in [-0.39, 0.29) is 18.5 Å². The maximum absolute atomic E-state index is 11.8. The van der Waals surface area contributed by atoms with Crippen LogP contribution in [0.15, 0.2) is 35.7 Å². The monoisotopic (exact) mass is 347 g/mol. The van der Waals surface area contributed by atoms with Crippen LogP contribution >= 0.6 is 11.3 Å². The highest BCUT2D eigenvalue weighted by Gasteiger charge is 2.25. The molecule has 0 fully saturated rings. The average Bonchev–Trinajstić information content (AvgIpc) is 3.03. The first-order valence-electron chi connectivity index (χ1n) is 8.12. The number of carbonyl (C=O) groups is 1. The van der Waals surface area contributed by atoms with Crippen LogP contribution in [0.4, 0.5) is 4.79 Å². The van der Waals surface area contributed by atoms with E-state index in [2.05, 4.69) is 15.6 Å². The Balaban J connectivity index is 1.75. The Kier molecular flexibility index (Phi) is 6.34. The normalized spacial score (nSPS) is 13.5. The number of nitrogens with one attached hydrogen (secondary N) is 2. The van der Waals surface area contributed by atoms with Gasteiger partial charge in [0.1, 0.15) is 5.01 Å². The second-order valence-corrected chi connectivity index (χ2v) is 7.24. The molecule has 2 rings (SSSR count). The molecule has 1 aromatic carbocycles. The van der Waals surface area contributed by atoms with Gasteiger partial charge in [-0.05, 0) is 12.8 Å². The Morgan fingerprint density at radius 1 is 1.29 bits per heavy atom. The number of urea groups is 1. The zero-order valence-corrected chi connectivity index (χ0v) is 15.2. The third-order valence-electron chi connectivity index (χ3n) is 4.09. The van der Waals surface area contributed by atoms with Crippen molar-refractivity contribution >= 4 is 17.4 Å². The van der Waals surface area contributed by atoms with Crippen molar-refractivity contribution in [3.8, 4) is 10.6 Å². The zero-order valence-electron chi connectivity index (χ0n) is 14.4. The van der Waals surface area contributed by atoms with Crippen LogP contribution in [0.2, 0.25) is 0 Å². The highest BCUT2D eigenvalue weighted by Crippen LogP contribution is 2.23. The molecule has 1 atom stereocenters. The molecule has 130 valence electrons. The molecule has 0 aliphatic heterocycles. The van der Waals surface area contributed by atoms with Crippen molar-refractivity contribution < 1.29 is 9.90 Å². The molecule has 0 spiro atoms. The molecule has 0 radical (unpaired) electrons. The SMILES string of the molecule is CC(C)C(C)(O)CNC(=O)NCCc1csc(-c2ccccc2)n1. The lowest BCUT2D eigenvalue weighted by atomic mass is 9.93. The van der Waals surface area contributed by atoms with Crippen LogP contribution in [0.5, 0.6) is 0 Å². The summed E-state index contributed by atoms with van der Waals surface area (Å²) >= 11 is 1.61. The molecule has 1 unspecified atom stereocenters. The minimum Gasteiger partial charge on any atom is -0.388 e. The highest BCUT2D eigenvalue weighted by molar-refractivity contribution is 7.13. The molecule has 6 heteroatoms. The fraction of sp³-hybridized carbons (Fsp3) is 0.444. The van der Waals surface area contributed by atoms with Gasteiger partial charge in [0.2, 0.25) is 0 Å². The number of benzene rings is 1. The first kappa shape index (κ1) is 18.4. The van der Waals surface area contributed by atoms with Gasteiger partial charge in [-0.3, -0.25) is 0 Å². The first-order valence-corrected chi connectivity index (χ1v) is 9.00. The Labute approximate surface area is 147 Å². The van der Waals surface area contributed by atoms with Crippen LogP contribution in [0, 0.1) is 5.92 Å². The van der Waals surface area contributed by atoms with Gasteiger partial charge in [0.25, 0.3) is 0 Å². The number of aliphatic hydroxyl groups is 1. The molecule has 0 aliphatic rings. The molecular weight excluding hydrogens is 322 g/mol. The van der Waals surface area contributed by atoms with Gasteiger partial charge >= 0.3 is 6.03 Å². The number of thiazole rings is 1. The Hall–Kier alpha value is -1.92. The molecule has 0 saturated carbocycles. The number of carbonyl (C=O) groups excluding carboxylic acids is 1. The molecule has 5 nitrogen and oxygen atoms in total. The lowest BCUT2D eigenvalue weighted by Crippen LogP contribution is -2.47. The van der Waals surface area contributed by atoms with Crippen LogP contribution in [-0.4, -0.2) is 34.8 Å². The Bertz CT molecular complexity index is 653. The summed E-state index contributed by atoms with van der Waals surface area (Å²) in [7, 11) is 0. The van der Waals surface area contributed by atoms with Crippen molar-refractivity contribution in [2.45, 2.75) is 32.8 Å². The lowest BCUT2D eigenvalue weighted by molar-refractivity contribution is 0.0166. The van der Waals surface area contributed by atoms with Gasteiger partial charge in [0, 0.05) is 30.5 Å². The summed E-state index contributed by atoms with van der Waals surface area (Å²) in [5.74, 6) is 0.0733. The molecule has 3 N–H and O–H groups in total. The van der Waals surface area contributed by atoms with Crippen LogP contribution in [0.1, 0.15) is 26.5 Å². The number of aromatic nitrogens is 1. The number of nitrogens with zero attached hydrogens (tertiary/aromatic N) is 1. The quantitative estimate of drug-likeness (QED) is 0.721. The van der Waals surface area contributed by atoms with Crippen molar-refractivity contribution in [2.24, 2.45) is 5.92 Å². The third kappa shape index (κ3) is 5.32. The summed E-state index contributed by atoms with van der Waals surface area (Å²) in [5, 5.41) is 18.6. The number of hydrogen-bond donors (Lipinski definition) is 3. The van der Waals surface area contributed by atoms with Crippen molar-refractivity contribution in [3.05, 3.63) is 41.4 Å². The summed E-state index contributed by atoms with van der Waals surface area (Å²) in [4.78, 5) is 16.4. The highest BCUT2D eigenvalue weighted by atomic mass is 32.1. The average molecular weight is 347 g/mol. The lowest BCUT2D eigenvalue weighted by Gasteiger charge is -2.27. The van der Waals surface area contributed by atoms with Crippen LogP contribution in [-0.2, 0) is 6.42 Å². The van der Waals surface area contributed by atoms with Crippen LogP contribution < -0.4 is 10.6 Å². The van der Waals surface area contributed by atoms with E-state index >= 15 is 0 Å². The molecular formula is C18H25N3O2S. The maximum atomic E-state index is 11.8. The van der Waals surface area contributed by atoms with Crippen molar-refractivity contribution in [1.29, 1.82) is 0 Å². The standard InChI is InChI=1S/C18H25N3O2S/c1-13(2)18(3,23)12-20-17(22)19-10-9-15-11-24-16(21-15)14-7-5-4-6-8-14/h4-8,11,13,23H,9-10,12H2,1-3H3,(H2,19,20,22). The van der Waals surface area contributed by atoms with E-state index in [0.29, 0.717) is 13.0 Å². The smallest absolute Gasteiger partial charge is 0.314 e. The predicted octanol–water partition coefficient (Wildman–Crippen LogP) is 3.06. The Morgan fingerprint density at radius 2 is 2.00 bits per heavy atom. The number of rotatable bonds is 7. The molecule has 2 amide bonds. The van der Waals surface area contributed by atoms with Crippen LogP contribution in [0.25, 0.3) is 10.6 Å². The molecule has 1 aromatic heterocycles. The van der Waals surface area contributed by atoms with Crippen LogP contribution in [0.3, 0.4) is 0 Å². The van der Waals surface area contributed by atoms with E-state index in [4.69, 9.17) is 0 Å². The molecule has 0 aliphatic carbocycles. The van der Waals surface area contributed by atoms with Crippen molar-refractivity contribution in [3.63, 3.8) is 0 Å². The topological polar surface area (TPSA) is 74.2 Å². The largest absolute Gasteiger partial charge is 0.388 e. The molecule has 2 aromatic rings. The Morgan fingerprint density at radius 3 is 2.67 bits per heavy atom. The second kappa shape index (κ2) is 8.26. The van der Waals surface area contributed by atoms with E-state index in [9.17, 15) is 9.90 Å². The molecule has 1 heterocycles. The minimum atomic E-state index is -0.906. The van der Waals surface area contributed by atoms with Gasteiger partial charge in [-0.25, -0.2) is 9.78 Å². The molecule has 0 saturated heterocycles. The molecule has 0 bridgehead atoms. The van der Waals surface area contributed by atoms with E-state index < -0.39 is 5.60 Å². The number of amides is 2. The maximum Gasteiger partial charge on any atom is 0.314 e. The van der Waals surface area contributed by atoms with E-state index in [1.807, 2.05) is 49.6 Å². The third-order valence-corrected chi connectivity index (χ3v) is 5.03. The first-order chi connectivity index (χ1) is 11.4. The predicted molar refractivity (Wildman–Crippen MR) is 98.1 cm³/mol. The number of hydrogen-bond acceptors (Lipinski definition) is 4. The van der Waals surface area contributed by atoms with Gasteiger partial charge in [0.05, 0.1) is 11.3 Å². The zero-order chi connectivity index (χ0) is 17.6. The summed E-state index contributed by atoms with van der Waals surface area (Å²) in [6.07, 6.45) is 0.678. The second-order valence-electron chi connectivity index (χ2n) is 6.38. The van der Waals surface area contributed by atoms with Crippen molar-refractivity contribution in [2.75, 3.05) is 13.1 Å². The van der Waals surface area contributed by atoms with Gasteiger partial charge in [-0.2, -0.15) is 0 Å². The van der Waals surface area contributed by atoms with Gasteiger partial charge < -0.3 is 15.7 Å². The fourth-order valence-electron chi connectivity index (χ4n) is 1.97. The van der Waals surface area contributed by atoms with Gasteiger partial charge in [-0.1, -0.05) is 44.2 Å². The van der Waals surface area contributed by atoms with E-state index in [0.717, 1.165) is 16.3 Å².